The zero-order valence-electron chi connectivity index (χ0n) is 25.1. The number of methoxy groups -OCH3 is 1. The summed E-state index contributed by atoms with van der Waals surface area (Å²) in [4.78, 5) is 32.0. The zero-order valence-corrected chi connectivity index (χ0v) is 25.1. The average Bonchev–Trinajstić information content (AvgIpc) is 3.77. The summed E-state index contributed by atoms with van der Waals surface area (Å²) >= 11 is 0. The molecular formula is C34H41FN2O4. The van der Waals surface area contributed by atoms with Gasteiger partial charge in [-0.1, -0.05) is 25.1 Å². The van der Waals surface area contributed by atoms with Crippen molar-refractivity contribution >= 4 is 11.8 Å². The Bertz CT molecular complexity index is 1390. The number of ether oxygens (including phenoxy) is 2. The van der Waals surface area contributed by atoms with Crippen molar-refractivity contribution in [2.45, 2.75) is 78.9 Å². The van der Waals surface area contributed by atoms with Crippen molar-refractivity contribution in [1.29, 1.82) is 0 Å². The molecule has 7 heteroatoms. The van der Waals surface area contributed by atoms with Gasteiger partial charge in [0.05, 0.1) is 18.9 Å². The van der Waals surface area contributed by atoms with E-state index in [1.165, 1.54) is 7.11 Å². The van der Waals surface area contributed by atoms with E-state index in [9.17, 15) is 14.0 Å². The van der Waals surface area contributed by atoms with Crippen LogP contribution in [0.15, 0.2) is 54.7 Å². The number of nitrogens with zero attached hydrogens (tertiary/aromatic N) is 2. The minimum absolute atomic E-state index is 0.0907. The summed E-state index contributed by atoms with van der Waals surface area (Å²) in [5.41, 5.74) is 3.19. The third-order valence-corrected chi connectivity index (χ3v) is 8.11. The Morgan fingerprint density at radius 1 is 1.02 bits per heavy atom. The van der Waals surface area contributed by atoms with Crippen molar-refractivity contribution < 1.29 is 23.5 Å². The van der Waals surface area contributed by atoms with Crippen molar-refractivity contribution in [3.8, 4) is 22.8 Å². The molecule has 1 saturated carbocycles. The van der Waals surface area contributed by atoms with Crippen LogP contribution in [0.1, 0.15) is 81.8 Å². The van der Waals surface area contributed by atoms with E-state index < -0.39 is 11.8 Å². The molecule has 0 aliphatic heterocycles. The van der Waals surface area contributed by atoms with Gasteiger partial charge in [-0.25, -0.2) is 14.2 Å². The van der Waals surface area contributed by atoms with E-state index in [2.05, 4.69) is 37.6 Å². The molecule has 1 fully saturated rings. The maximum atomic E-state index is 14.8. The first-order valence-electron chi connectivity index (χ1n) is 14.4. The lowest BCUT2D eigenvalue weighted by atomic mass is 9.81. The predicted octanol–water partition coefficient (Wildman–Crippen LogP) is 7.45. The molecule has 3 aromatic rings. The molecule has 1 aliphatic carbocycles. The van der Waals surface area contributed by atoms with Gasteiger partial charge in [-0.05, 0) is 94.7 Å². The fourth-order valence-electron chi connectivity index (χ4n) is 5.59. The molecule has 0 N–H and O–H groups in total. The lowest BCUT2D eigenvalue weighted by Crippen LogP contribution is -2.36. The first-order valence-corrected chi connectivity index (χ1v) is 14.4. The van der Waals surface area contributed by atoms with Crippen LogP contribution in [0.4, 0.5) is 4.39 Å². The fourth-order valence-corrected chi connectivity index (χ4v) is 5.59. The van der Waals surface area contributed by atoms with E-state index in [1.54, 1.807) is 31.2 Å². The second-order valence-electron chi connectivity index (χ2n) is 11.7. The van der Waals surface area contributed by atoms with Crippen LogP contribution in [0.2, 0.25) is 0 Å². The zero-order chi connectivity index (χ0) is 29.8. The highest BCUT2D eigenvalue weighted by Crippen LogP contribution is 2.47. The first-order chi connectivity index (χ1) is 19.5. The summed E-state index contributed by atoms with van der Waals surface area (Å²) in [6.07, 6.45) is 3.34. The summed E-state index contributed by atoms with van der Waals surface area (Å²) in [7, 11) is 1.49. The Labute approximate surface area is 242 Å². The fraction of sp³-hybridized carbons (Fsp3) is 0.441. The second-order valence-corrected chi connectivity index (χ2v) is 11.7. The minimum atomic E-state index is -0.469. The third-order valence-electron chi connectivity index (χ3n) is 8.11. The molecule has 4 rings (SSSR count). The lowest BCUT2D eigenvalue weighted by molar-refractivity contribution is -0.121. The molecule has 41 heavy (non-hydrogen) atoms. The molecule has 0 unspecified atom stereocenters. The number of Topliss-reactive ketones (excluding diaryl/α,β-unsaturated/α-hetero) is 1. The summed E-state index contributed by atoms with van der Waals surface area (Å²) < 4.78 is 26.0. The molecule has 1 heterocycles. The number of aromatic nitrogens is 1. The topological polar surface area (TPSA) is 68.7 Å². The van der Waals surface area contributed by atoms with E-state index in [4.69, 9.17) is 9.47 Å². The van der Waals surface area contributed by atoms with E-state index in [0.717, 1.165) is 30.2 Å². The van der Waals surface area contributed by atoms with Crippen LogP contribution in [0.25, 0.3) is 11.1 Å². The van der Waals surface area contributed by atoms with Crippen LogP contribution in [0.5, 0.6) is 11.6 Å². The van der Waals surface area contributed by atoms with Gasteiger partial charge in [0.15, 0.2) is 0 Å². The van der Waals surface area contributed by atoms with Crippen LogP contribution in [0.3, 0.4) is 0 Å². The van der Waals surface area contributed by atoms with E-state index in [1.807, 2.05) is 31.2 Å². The predicted molar refractivity (Wildman–Crippen MR) is 159 cm³/mol. The molecule has 1 aliphatic rings. The number of carbonyl (C=O) groups is 2. The highest BCUT2D eigenvalue weighted by Gasteiger charge is 2.37. The Morgan fingerprint density at radius 2 is 1.73 bits per heavy atom. The summed E-state index contributed by atoms with van der Waals surface area (Å²) in [5, 5.41) is 0. The summed E-state index contributed by atoms with van der Waals surface area (Å²) in [6, 6.07) is 14.8. The number of hydrogen-bond donors (Lipinski definition) is 0. The average molecular weight is 561 g/mol. The number of benzene rings is 2. The Morgan fingerprint density at radius 3 is 2.34 bits per heavy atom. The van der Waals surface area contributed by atoms with E-state index in [0.29, 0.717) is 40.8 Å². The molecular weight excluding hydrogens is 519 g/mol. The number of rotatable bonds is 12. The maximum absolute atomic E-state index is 14.8. The van der Waals surface area contributed by atoms with Gasteiger partial charge in [-0.2, -0.15) is 0 Å². The first kappa shape index (κ1) is 30.4. The van der Waals surface area contributed by atoms with Crippen LogP contribution in [0, 0.1) is 17.7 Å². The van der Waals surface area contributed by atoms with Gasteiger partial charge >= 0.3 is 5.97 Å². The van der Waals surface area contributed by atoms with E-state index in [-0.39, 0.29) is 29.7 Å². The van der Waals surface area contributed by atoms with Crippen molar-refractivity contribution in [1.82, 2.24) is 9.88 Å². The third kappa shape index (κ3) is 7.20. The Balaban J connectivity index is 1.69. The molecule has 0 radical (unpaired) electrons. The summed E-state index contributed by atoms with van der Waals surface area (Å²) in [5.74, 6) is 0.398. The van der Waals surface area contributed by atoms with Crippen molar-refractivity contribution in [3.05, 3.63) is 77.2 Å². The number of esters is 1. The highest BCUT2D eigenvalue weighted by molar-refractivity contribution is 5.91. The van der Waals surface area contributed by atoms with Crippen LogP contribution in [-0.2, 0) is 11.3 Å². The number of carbonyl (C=O) groups excluding carboxylic acids is 2. The van der Waals surface area contributed by atoms with Gasteiger partial charge in [0.2, 0.25) is 5.88 Å². The monoisotopic (exact) mass is 560 g/mol. The normalized spacial score (nSPS) is 14.8. The van der Waals surface area contributed by atoms with Crippen LogP contribution < -0.4 is 9.47 Å². The van der Waals surface area contributed by atoms with Gasteiger partial charge in [0, 0.05) is 41.7 Å². The number of ketones is 1. The van der Waals surface area contributed by atoms with Crippen molar-refractivity contribution in [2.24, 2.45) is 11.8 Å². The number of hydrogen-bond acceptors (Lipinski definition) is 6. The standard InChI is InChI=1S/C34H41FN2O4/c1-20(2)37(21(3)4)19-28-15-25(29-17-32(40-7)36-18-30(29)35)13-14-31(28)41-34(39)27-10-8-9-26(16-27)33(24-11-12-24)22(5)23(6)38/h8-10,13-18,20-22,24,33H,11-12,19H2,1-7H3/t22-,33+/m1/s1. The molecule has 0 spiro atoms. The van der Waals surface area contributed by atoms with Gasteiger partial charge in [-0.3, -0.25) is 9.69 Å². The van der Waals surface area contributed by atoms with Gasteiger partial charge < -0.3 is 9.47 Å². The van der Waals surface area contributed by atoms with Crippen LogP contribution >= 0.6 is 0 Å². The molecule has 6 nitrogen and oxygen atoms in total. The molecule has 0 bridgehead atoms. The van der Waals surface area contributed by atoms with Crippen molar-refractivity contribution in [2.75, 3.05) is 7.11 Å². The molecule has 2 aromatic carbocycles. The van der Waals surface area contributed by atoms with E-state index >= 15 is 0 Å². The Kier molecular flexibility index (Phi) is 9.59. The smallest absolute Gasteiger partial charge is 0.343 e. The minimum Gasteiger partial charge on any atom is -0.481 e. The SMILES string of the molecule is COc1cc(-c2ccc(OC(=O)c3cccc([C@H](C4CC4)[C@H](C)C(C)=O)c3)c(CN(C(C)C)C(C)C)c2)c(F)cn1. The molecule has 0 amide bonds. The Hall–Kier alpha value is -3.58. The quantitative estimate of drug-likeness (QED) is 0.169. The number of pyridine rings is 1. The van der Waals surface area contributed by atoms with Crippen molar-refractivity contribution in [3.63, 3.8) is 0 Å². The maximum Gasteiger partial charge on any atom is 0.343 e. The summed E-state index contributed by atoms with van der Waals surface area (Å²) in [6.45, 7) is 12.6. The molecule has 1 aromatic heterocycles. The molecule has 218 valence electrons. The van der Waals surface area contributed by atoms with Gasteiger partial charge in [-0.15, -0.1) is 0 Å². The van der Waals surface area contributed by atoms with Crippen LogP contribution in [-0.4, -0.2) is 40.8 Å². The molecule has 2 atom stereocenters. The van der Waals surface area contributed by atoms with Gasteiger partial charge in [0.25, 0.3) is 0 Å². The largest absolute Gasteiger partial charge is 0.481 e. The molecule has 0 saturated heterocycles. The van der Waals surface area contributed by atoms with Gasteiger partial charge in [0.1, 0.15) is 17.3 Å². The lowest BCUT2D eigenvalue weighted by Gasteiger charge is -2.31. The second kappa shape index (κ2) is 12.9. The highest BCUT2D eigenvalue weighted by atomic mass is 19.1. The number of halogens is 1.